The van der Waals surface area contributed by atoms with Gasteiger partial charge in [-0.25, -0.2) is 17.6 Å². The molecule has 0 unspecified atom stereocenters. The molecule has 1 aliphatic heterocycles. The molecule has 1 fully saturated rings. The number of hydrogen-bond acceptors (Lipinski definition) is 2. The number of benzene rings is 1. The zero-order valence-corrected chi connectivity index (χ0v) is 10.7. The standard InChI is InChI=1S/C12H13ClF4N2/c13-7-5-8(14)10(9(15)6-7)11(12(16)17)19-3-1-18-2-4-19/h5-6,11-12,18H,1-4H2/t11-/m1/s1. The van der Waals surface area contributed by atoms with Gasteiger partial charge in [0.25, 0.3) is 6.43 Å². The van der Waals surface area contributed by atoms with Crippen molar-refractivity contribution in [1.82, 2.24) is 10.2 Å². The second kappa shape index (κ2) is 6.07. The second-order valence-corrected chi connectivity index (χ2v) is 4.78. The first-order valence-electron chi connectivity index (χ1n) is 5.88. The Bertz CT molecular complexity index is 426. The van der Waals surface area contributed by atoms with Crippen molar-refractivity contribution in [2.75, 3.05) is 26.2 Å². The number of rotatable bonds is 3. The molecule has 2 rings (SSSR count). The van der Waals surface area contributed by atoms with Gasteiger partial charge in [0, 0.05) is 36.8 Å². The van der Waals surface area contributed by atoms with E-state index in [2.05, 4.69) is 5.32 Å². The van der Waals surface area contributed by atoms with Crippen molar-refractivity contribution in [1.29, 1.82) is 0 Å². The summed E-state index contributed by atoms with van der Waals surface area (Å²) in [6.45, 7) is 1.66. The van der Waals surface area contributed by atoms with E-state index in [9.17, 15) is 17.6 Å². The molecule has 106 valence electrons. The largest absolute Gasteiger partial charge is 0.314 e. The van der Waals surface area contributed by atoms with E-state index in [0.717, 1.165) is 12.1 Å². The molecule has 1 aromatic carbocycles. The topological polar surface area (TPSA) is 15.3 Å². The van der Waals surface area contributed by atoms with Gasteiger partial charge in [0.15, 0.2) is 0 Å². The van der Waals surface area contributed by atoms with Gasteiger partial charge < -0.3 is 5.32 Å². The minimum Gasteiger partial charge on any atom is -0.314 e. The van der Waals surface area contributed by atoms with Gasteiger partial charge >= 0.3 is 0 Å². The van der Waals surface area contributed by atoms with E-state index >= 15 is 0 Å². The maximum Gasteiger partial charge on any atom is 0.258 e. The van der Waals surface area contributed by atoms with Crippen LogP contribution in [-0.2, 0) is 0 Å². The first-order valence-corrected chi connectivity index (χ1v) is 6.26. The van der Waals surface area contributed by atoms with Crippen LogP contribution in [0.25, 0.3) is 0 Å². The van der Waals surface area contributed by atoms with Crippen LogP contribution in [0.1, 0.15) is 11.6 Å². The maximum atomic E-state index is 13.8. The van der Waals surface area contributed by atoms with Crippen molar-refractivity contribution in [3.8, 4) is 0 Å². The number of alkyl halides is 2. The van der Waals surface area contributed by atoms with Crippen LogP contribution in [-0.4, -0.2) is 37.5 Å². The van der Waals surface area contributed by atoms with Crippen molar-refractivity contribution in [3.63, 3.8) is 0 Å². The summed E-state index contributed by atoms with van der Waals surface area (Å²) in [5.74, 6) is -2.07. The highest BCUT2D eigenvalue weighted by atomic mass is 35.5. The molecule has 0 aromatic heterocycles. The summed E-state index contributed by atoms with van der Waals surface area (Å²) in [4.78, 5) is 1.39. The first kappa shape index (κ1) is 14.6. The summed E-state index contributed by atoms with van der Waals surface area (Å²) in [5, 5.41) is 2.86. The molecule has 0 spiro atoms. The van der Waals surface area contributed by atoms with Gasteiger partial charge in [0.05, 0.1) is 0 Å². The quantitative estimate of drug-likeness (QED) is 0.863. The highest BCUT2D eigenvalue weighted by Crippen LogP contribution is 2.33. The first-order chi connectivity index (χ1) is 9.00. The van der Waals surface area contributed by atoms with E-state index in [4.69, 9.17) is 11.6 Å². The molecule has 2 nitrogen and oxygen atoms in total. The Morgan fingerprint density at radius 2 is 1.63 bits per heavy atom. The zero-order chi connectivity index (χ0) is 14.0. The monoisotopic (exact) mass is 296 g/mol. The van der Waals surface area contributed by atoms with Gasteiger partial charge in [-0.2, -0.15) is 0 Å². The Labute approximate surface area is 113 Å². The van der Waals surface area contributed by atoms with E-state index in [1.807, 2.05) is 0 Å². The van der Waals surface area contributed by atoms with Crippen molar-refractivity contribution in [2.24, 2.45) is 0 Å². The van der Waals surface area contributed by atoms with Crippen molar-refractivity contribution in [2.45, 2.75) is 12.5 Å². The van der Waals surface area contributed by atoms with Crippen molar-refractivity contribution >= 4 is 11.6 Å². The summed E-state index contributed by atoms with van der Waals surface area (Å²) >= 11 is 5.50. The van der Waals surface area contributed by atoms with E-state index in [1.54, 1.807) is 0 Å². The molecule has 7 heteroatoms. The molecule has 1 heterocycles. The summed E-state index contributed by atoms with van der Waals surface area (Å²) in [5.41, 5.74) is -0.610. The van der Waals surface area contributed by atoms with Crippen LogP contribution in [0.2, 0.25) is 5.02 Å². The molecule has 1 aromatic rings. The molecule has 0 saturated carbocycles. The minimum absolute atomic E-state index is 0.146. The van der Waals surface area contributed by atoms with Gasteiger partial charge in [-0.1, -0.05) is 11.6 Å². The fraction of sp³-hybridized carbons (Fsp3) is 0.500. The number of nitrogens with zero attached hydrogens (tertiary/aromatic N) is 1. The molecule has 0 bridgehead atoms. The molecule has 0 amide bonds. The van der Waals surface area contributed by atoms with Crippen LogP contribution in [0.3, 0.4) is 0 Å². The van der Waals surface area contributed by atoms with E-state index in [-0.39, 0.29) is 5.02 Å². The van der Waals surface area contributed by atoms with Crippen molar-refractivity contribution in [3.05, 3.63) is 34.4 Å². The van der Waals surface area contributed by atoms with Crippen LogP contribution in [0.4, 0.5) is 17.6 Å². The van der Waals surface area contributed by atoms with Crippen molar-refractivity contribution < 1.29 is 17.6 Å². The third kappa shape index (κ3) is 3.19. The Kier molecular flexibility index (Phi) is 4.65. The average Bonchev–Trinajstić information content (AvgIpc) is 2.34. The van der Waals surface area contributed by atoms with Crippen LogP contribution in [0.5, 0.6) is 0 Å². The summed E-state index contributed by atoms with van der Waals surface area (Å²) in [7, 11) is 0. The highest BCUT2D eigenvalue weighted by Gasteiger charge is 2.34. The molecule has 1 saturated heterocycles. The Morgan fingerprint density at radius 1 is 1.11 bits per heavy atom. The number of hydrogen-bond donors (Lipinski definition) is 1. The number of piperazine rings is 1. The van der Waals surface area contributed by atoms with Crippen LogP contribution >= 0.6 is 11.6 Å². The fourth-order valence-corrected chi connectivity index (χ4v) is 2.46. The summed E-state index contributed by atoms with van der Waals surface area (Å²) in [6.07, 6.45) is -2.87. The molecule has 19 heavy (non-hydrogen) atoms. The lowest BCUT2D eigenvalue weighted by molar-refractivity contribution is 0.0145. The van der Waals surface area contributed by atoms with Gasteiger partial charge in [-0.05, 0) is 12.1 Å². The Hall–Kier alpha value is -0.850. The minimum atomic E-state index is -2.87. The lowest BCUT2D eigenvalue weighted by atomic mass is 10.0. The zero-order valence-electron chi connectivity index (χ0n) is 9.97. The molecule has 0 radical (unpaired) electrons. The average molecular weight is 297 g/mol. The van der Waals surface area contributed by atoms with Gasteiger partial charge in [-0.15, -0.1) is 0 Å². The van der Waals surface area contributed by atoms with E-state index < -0.39 is 29.7 Å². The number of nitrogens with one attached hydrogen (secondary N) is 1. The lowest BCUT2D eigenvalue weighted by Gasteiger charge is -2.34. The SMILES string of the molecule is Fc1cc(Cl)cc(F)c1[C@H](C(F)F)N1CCNCC1. The van der Waals surface area contributed by atoms with Gasteiger partial charge in [0.1, 0.15) is 17.7 Å². The van der Waals surface area contributed by atoms with Gasteiger partial charge in [-0.3, -0.25) is 4.90 Å². The third-order valence-corrected chi connectivity index (χ3v) is 3.34. The lowest BCUT2D eigenvalue weighted by Crippen LogP contribution is -2.47. The summed E-state index contributed by atoms with van der Waals surface area (Å²) < 4.78 is 54.0. The van der Waals surface area contributed by atoms with E-state index in [0.29, 0.717) is 26.2 Å². The fourth-order valence-electron chi connectivity index (χ4n) is 2.26. The van der Waals surface area contributed by atoms with Gasteiger partial charge in [0.2, 0.25) is 0 Å². The highest BCUT2D eigenvalue weighted by molar-refractivity contribution is 6.30. The molecule has 1 atom stereocenters. The molecular weight excluding hydrogens is 284 g/mol. The van der Waals surface area contributed by atoms with Crippen LogP contribution < -0.4 is 5.32 Å². The normalized spacial score (nSPS) is 18.8. The van der Waals surface area contributed by atoms with Crippen LogP contribution in [0, 0.1) is 11.6 Å². The van der Waals surface area contributed by atoms with E-state index in [1.165, 1.54) is 4.90 Å². The summed E-state index contributed by atoms with van der Waals surface area (Å²) in [6, 6.07) is 0.133. The Balaban J connectivity index is 2.38. The Morgan fingerprint density at radius 3 is 2.11 bits per heavy atom. The third-order valence-electron chi connectivity index (χ3n) is 3.12. The maximum absolute atomic E-state index is 13.8. The molecule has 0 aliphatic carbocycles. The number of halogens is 5. The second-order valence-electron chi connectivity index (χ2n) is 4.35. The molecule has 1 N–H and O–H groups in total. The smallest absolute Gasteiger partial charge is 0.258 e. The molecular formula is C12H13ClF4N2. The predicted molar refractivity (Wildman–Crippen MR) is 64.6 cm³/mol. The molecule has 1 aliphatic rings. The van der Waals surface area contributed by atoms with Crippen LogP contribution in [0.15, 0.2) is 12.1 Å². The predicted octanol–water partition coefficient (Wildman–Crippen LogP) is 2.83.